The fourth-order valence-electron chi connectivity index (χ4n) is 1.33. The van der Waals surface area contributed by atoms with E-state index in [0.29, 0.717) is 11.6 Å². The van der Waals surface area contributed by atoms with Gasteiger partial charge >= 0.3 is 0 Å². The molecule has 0 radical (unpaired) electrons. The van der Waals surface area contributed by atoms with Crippen molar-refractivity contribution in [1.29, 1.82) is 0 Å². The van der Waals surface area contributed by atoms with Crippen LogP contribution in [-0.4, -0.2) is 23.2 Å². The Labute approximate surface area is 90.5 Å². The van der Waals surface area contributed by atoms with Gasteiger partial charge in [-0.25, -0.2) is 0 Å². The van der Waals surface area contributed by atoms with Gasteiger partial charge in [-0.3, -0.25) is 4.98 Å². The van der Waals surface area contributed by atoms with Crippen molar-refractivity contribution in [3.05, 3.63) is 18.5 Å². The minimum atomic E-state index is 0.264. The molecule has 0 fully saturated rings. The third-order valence-electron chi connectivity index (χ3n) is 2.27. The minimum absolute atomic E-state index is 0.264. The van der Waals surface area contributed by atoms with E-state index in [0.717, 1.165) is 25.1 Å². The van der Waals surface area contributed by atoms with Gasteiger partial charge in [0.05, 0.1) is 17.6 Å². The summed E-state index contributed by atoms with van der Waals surface area (Å²) >= 11 is 0. The molecule has 0 saturated carbocycles. The first kappa shape index (κ1) is 11.8. The molecule has 0 aliphatic carbocycles. The Morgan fingerprint density at radius 1 is 1.53 bits per heavy atom. The van der Waals surface area contributed by atoms with Crippen LogP contribution in [0.2, 0.25) is 0 Å². The zero-order chi connectivity index (χ0) is 11.1. The lowest BCUT2D eigenvalue weighted by atomic mass is 10.1. The number of pyridine rings is 1. The summed E-state index contributed by atoms with van der Waals surface area (Å²) in [6, 6.07) is 1.86. The van der Waals surface area contributed by atoms with E-state index in [1.807, 2.05) is 13.0 Å². The fourth-order valence-corrected chi connectivity index (χ4v) is 1.33. The van der Waals surface area contributed by atoms with Crippen molar-refractivity contribution >= 4 is 11.4 Å². The Morgan fingerprint density at radius 2 is 2.33 bits per heavy atom. The summed E-state index contributed by atoms with van der Waals surface area (Å²) in [6.45, 7) is 3.19. The van der Waals surface area contributed by atoms with E-state index < -0.39 is 0 Å². The number of nitrogens with zero attached hydrogens (tertiary/aromatic N) is 1. The zero-order valence-electron chi connectivity index (χ0n) is 9.11. The molecule has 0 aliphatic rings. The van der Waals surface area contributed by atoms with Crippen LogP contribution in [0.3, 0.4) is 0 Å². The Kier molecular flexibility index (Phi) is 4.90. The second kappa shape index (κ2) is 6.24. The second-order valence-electron chi connectivity index (χ2n) is 3.86. The van der Waals surface area contributed by atoms with Gasteiger partial charge in [0.1, 0.15) is 0 Å². The molecule has 1 aromatic rings. The predicted octanol–water partition coefficient (Wildman–Crippen LogP) is 1.48. The number of nitrogens with one attached hydrogen (secondary N) is 1. The largest absolute Gasteiger partial charge is 0.397 e. The van der Waals surface area contributed by atoms with Crippen LogP contribution >= 0.6 is 0 Å². The van der Waals surface area contributed by atoms with Crippen molar-refractivity contribution in [1.82, 2.24) is 4.98 Å². The van der Waals surface area contributed by atoms with E-state index in [1.54, 1.807) is 12.4 Å². The summed E-state index contributed by atoms with van der Waals surface area (Å²) < 4.78 is 0. The molecule has 4 heteroatoms. The van der Waals surface area contributed by atoms with Gasteiger partial charge in [-0.05, 0) is 24.8 Å². The molecule has 15 heavy (non-hydrogen) atoms. The topological polar surface area (TPSA) is 71.2 Å². The highest BCUT2D eigenvalue weighted by Crippen LogP contribution is 2.10. The number of anilines is 2. The highest BCUT2D eigenvalue weighted by Gasteiger charge is 1.99. The van der Waals surface area contributed by atoms with E-state index >= 15 is 0 Å². The number of hydrogen-bond acceptors (Lipinski definition) is 4. The molecule has 1 rings (SSSR count). The van der Waals surface area contributed by atoms with Crippen LogP contribution in [0.5, 0.6) is 0 Å². The molecular formula is C11H19N3O. The van der Waals surface area contributed by atoms with E-state index in [4.69, 9.17) is 10.8 Å². The van der Waals surface area contributed by atoms with Crippen LogP contribution in [0.15, 0.2) is 18.5 Å². The lowest BCUT2D eigenvalue weighted by Crippen LogP contribution is -2.06. The first-order valence-corrected chi connectivity index (χ1v) is 5.27. The van der Waals surface area contributed by atoms with Gasteiger partial charge in [0.25, 0.3) is 0 Å². The summed E-state index contributed by atoms with van der Waals surface area (Å²) in [4.78, 5) is 3.99. The molecule has 84 valence electrons. The van der Waals surface area contributed by atoms with Crippen LogP contribution in [0.4, 0.5) is 11.4 Å². The van der Waals surface area contributed by atoms with E-state index in [1.165, 1.54) is 0 Å². The molecule has 0 aliphatic heterocycles. The summed E-state index contributed by atoms with van der Waals surface area (Å²) in [5, 5.41) is 12.1. The van der Waals surface area contributed by atoms with Gasteiger partial charge in [-0.15, -0.1) is 0 Å². The van der Waals surface area contributed by atoms with E-state index in [2.05, 4.69) is 10.3 Å². The highest BCUT2D eigenvalue weighted by molar-refractivity contribution is 5.51. The average molecular weight is 209 g/mol. The third kappa shape index (κ3) is 4.65. The Morgan fingerprint density at radius 3 is 3.00 bits per heavy atom. The number of aliphatic hydroxyl groups is 1. The molecule has 0 bridgehead atoms. The van der Waals surface area contributed by atoms with Gasteiger partial charge in [0, 0.05) is 19.3 Å². The quantitative estimate of drug-likeness (QED) is 0.621. The number of hydrogen-bond donors (Lipinski definition) is 3. The van der Waals surface area contributed by atoms with E-state index in [9.17, 15) is 0 Å². The van der Waals surface area contributed by atoms with Crippen molar-refractivity contribution in [3.63, 3.8) is 0 Å². The monoisotopic (exact) mass is 209 g/mol. The molecule has 4 nitrogen and oxygen atoms in total. The number of aromatic nitrogens is 1. The lowest BCUT2D eigenvalue weighted by Gasteiger charge is -2.09. The summed E-state index contributed by atoms with van der Waals surface area (Å²) in [5.74, 6) is 0.380. The standard InChI is InChI=1S/C11H19N3O/c1-9(8-15)3-2-4-14-11-5-10(12)6-13-7-11/h5-7,9,14-15H,2-4,8,12H2,1H3. The van der Waals surface area contributed by atoms with Crippen molar-refractivity contribution in [2.75, 3.05) is 24.2 Å². The first-order valence-electron chi connectivity index (χ1n) is 5.27. The van der Waals surface area contributed by atoms with Gasteiger partial charge in [-0.1, -0.05) is 6.92 Å². The number of nitrogen functional groups attached to an aromatic ring is 1. The minimum Gasteiger partial charge on any atom is -0.397 e. The van der Waals surface area contributed by atoms with Gasteiger partial charge in [0.2, 0.25) is 0 Å². The van der Waals surface area contributed by atoms with Crippen LogP contribution in [0.25, 0.3) is 0 Å². The Balaban J connectivity index is 2.20. The summed E-state index contributed by atoms with van der Waals surface area (Å²) in [7, 11) is 0. The molecular weight excluding hydrogens is 190 g/mol. The number of rotatable bonds is 6. The van der Waals surface area contributed by atoms with Gasteiger partial charge < -0.3 is 16.2 Å². The maximum Gasteiger partial charge on any atom is 0.0547 e. The van der Waals surface area contributed by atoms with Crippen LogP contribution < -0.4 is 11.1 Å². The summed E-state index contributed by atoms with van der Waals surface area (Å²) in [5.41, 5.74) is 7.22. The molecule has 1 unspecified atom stereocenters. The lowest BCUT2D eigenvalue weighted by molar-refractivity contribution is 0.229. The molecule has 1 aromatic heterocycles. The molecule has 1 atom stereocenters. The fraction of sp³-hybridized carbons (Fsp3) is 0.545. The molecule has 0 spiro atoms. The van der Waals surface area contributed by atoms with Gasteiger partial charge in [0.15, 0.2) is 0 Å². The van der Waals surface area contributed by atoms with Gasteiger partial charge in [-0.2, -0.15) is 0 Å². The normalized spacial score (nSPS) is 12.4. The smallest absolute Gasteiger partial charge is 0.0547 e. The SMILES string of the molecule is CC(CO)CCCNc1cncc(N)c1. The Hall–Kier alpha value is -1.29. The van der Waals surface area contributed by atoms with Crippen LogP contribution in [0.1, 0.15) is 19.8 Å². The van der Waals surface area contributed by atoms with Crippen molar-refractivity contribution in [2.24, 2.45) is 5.92 Å². The number of aliphatic hydroxyl groups excluding tert-OH is 1. The Bertz CT molecular complexity index is 291. The molecule has 1 heterocycles. The molecule has 0 saturated heterocycles. The zero-order valence-corrected chi connectivity index (χ0v) is 9.11. The third-order valence-corrected chi connectivity index (χ3v) is 2.27. The van der Waals surface area contributed by atoms with Crippen LogP contribution in [0, 0.1) is 5.92 Å². The summed E-state index contributed by atoms with van der Waals surface area (Å²) in [6.07, 6.45) is 5.45. The molecule has 0 amide bonds. The highest BCUT2D eigenvalue weighted by atomic mass is 16.3. The molecule has 4 N–H and O–H groups in total. The average Bonchev–Trinajstić information content (AvgIpc) is 2.24. The predicted molar refractivity (Wildman–Crippen MR) is 62.6 cm³/mol. The van der Waals surface area contributed by atoms with Crippen LogP contribution in [-0.2, 0) is 0 Å². The van der Waals surface area contributed by atoms with Crippen molar-refractivity contribution in [3.8, 4) is 0 Å². The number of nitrogens with two attached hydrogens (primary N) is 1. The first-order chi connectivity index (χ1) is 7.22. The second-order valence-corrected chi connectivity index (χ2v) is 3.86. The van der Waals surface area contributed by atoms with Crippen molar-refractivity contribution < 1.29 is 5.11 Å². The van der Waals surface area contributed by atoms with Crippen molar-refractivity contribution in [2.45, 2.75) is 19.8 Å². The molecule has 0 aromatic carbocycles. The maximum absolute atomic E-state index is 8.84. The maximum atomic E-state index is 8.84. The van der Waals surface area contributed by atoms with E-state index in [-0.39, 0.29) is 6.61 Å².